The average Bonchev–Trinajstić information content (AvgIpc) is 1.82. The van der Waals surface area contributed by atoms with Crippen LogP contribution in [-0.2, 0) is 0 Å². The Hall–Kier alpha value is -0.150. The van der Waals surface area contributed by atoms with Gasteiger partial charge in [-0.25, -0.2) is 4.39 Å². The Kier molecular flexibility index (Phi) is 4.56. The largest absolute Gasteiger partial charge is 0.393 e. The van der Waals surface area contributed by atoms with Crippen molar-refractivity contribution < 1.29 is 14.6 Å². The lowest BCUT2D eigenvalue weighted by molar-refractivity contribution is 0.0744. The van der Waals surface area contributed by atoms with Crippen molar-refractivity contribution in [2.24, 2.45) is 0 Å². The summed E-state index contributed by atoms with van der Waals surface area (Å²) in [6.07, 6.45) is -1.95. The van der Waals surface area contributed by atoms with E-state index in [1.807, 2.05) is 0 Å². The summed E-state index contributed by atoms with van der Waals surface area (Å²) in [5.41, 5.74) is 0. The van der Waals surface area contributed by atoms with Crippen LogP contribution in [0, 0.1) is 0 Å². The highest BCUT2D eigenvalue weighted by Gasteiger charge is 2.13. The van der Waals surface area contributed by atoms with E-state index in [0.717, 1.165) is 0 Å². The molecule has 2 N–H and O–H groups in total. The molecule has 0 spiro atoms. The molecule has 0 aliphatic rings. The van der Waals surface area contributed by atoms with E-state index in [9.17, 15) is 4.39 Å². The Bertz CT molecular complexity index is 83.7. The van der Waals surface area contributed by atoms with E-state index in [0.29, 0.717) is 6.42 Å². The topological polar surface area (TPSA) is 40.5 Å². The van der Waals surface area contributed by atoms with Gasteiger partial charge in [0.25, 0.3) is 0 Å². The van der Waals surface area contributed by atoms with Gasteiger partial charge in [-0.15, -0.1) is 0 Å². The van der Waals surface area contributed by atoms with Gasteiger partial charge in [0, 0.05) is 0 Å². The predicted octanol–water partition coefficient (Wildman–Crippen LogP) is 0.866. The summed E-state index contributed by atoms with van der Waals surface area (Å²) in [5, 5.41) is 17.4. The maximum atomic E-state index is 12.5. The predicted molar refractivity (Wildman–Crippen MR) is 37.5 cm³/mol. The fraction of sp³-hybridized carbons (Fsp3) is 1.00. The average molecular weight is 150 g/mol. The van der Waals surface area contributed by atoms with Crippen molar-refractivity contribution in [1.82, 2.24) is 0 Å². The van der Waals surface area contributed by atoms with E-state index < -0.39 is 18.4 Å². The molecule has 2 nitrogen and oxygen atoms in total. The normalized spacial score (nSPS) is 20.1. The zero-order chi connectivity index (χ0) is 8.15. The molecule has 0 bridgehead atoms. The van der Waals surface area contributed by atoms with Gasteiger partial charge in [0.2, 0.25) is 0 Å². The molecule has 0 aliphatic heterocycles. The molecule has 0 heterocycles. The second-order valence-electron chi connectivity index (χ2n) is 2.68. The number of halogens is 1. The van der Waals surface area contributed by atoms with Gasteiger partial charge in [-0.1, -0.05) is 0 Å². The molecule has 0 saturated carbocycles. The third kappa shape index (κ3) is 4.70. The van der Waals surface area contributed by atoms with E-state index in [4.69, 9.17) is 10.2 Å². The SMILES string of the molecule is CC(O)CCC(F)C(C)O. The van der Waals surface area contributed by atoms with Crippen LogP contribution in [0.2, 0.25) is 0 Å². The molecule has 0 rings (SSSR count). The molecule has 10 heavy (non-hydrogen) atoms. The molecule has 0 aliphatic carbocycles. The first-order valence-corrected chi connectivity index (χ1v) is 3.54. The number of hydrogen-bond acceptors (Lipinski definition) is 2. The standard InChI is InChI=1S/C7H15FO2/c1-5(9)3-4-7(8)6(2)10/h5-7,9-10H,3-4H2,1-2H3. The molecule has 3 unspecified atom stereocenters. The lowest BCUT2D eigenvalue weighted by Crippen LogP contribution is -2.19. The second-order valence-corrected chi connectivity index (χ2v) is 2.68. The van der Waals surface area contributed by atoms with Crippen molar-refractivity contribution in [3.63, 3.8) is 0 Å². The molecule has 0 saturated heterocycles. The Morgan fingerprint density at radius 2 is 1.70 bits per heavy atom. The van der Waals surface area contributed by atoms with Crippen LogP contribution in [-0.4, -0.2) is 28.6 Å². The molecule has 0 radical (unpaired) electrons. The number of aliphatic hydroxyl groups is 2. The van der Waals surface area contributed by atoms with Gasteiger partial charge in [-0.05, 0) is 26.7 Å². The van der Waals surface area contributed by atoms with Gasteiger partial charge < -0.3 is 10.2 Å². The first-order chi connectivity index (χ1) is 4.54. The summed E-state index contributed by atoms with van der Waals surface area (Å²) in [5.74, 6) is 0. The van der Waals surface area contributed by atoms with Crippen LogP contribution in [0.3, 0.4) is 0 Å². The van der Waals surface area contributed by atoms with E-state index in [2.05, 4.69) is 0 Å². The second kappa shape index (κ2) is 4.63. The molecule has 0 aromatic heterocycles. The first-order valence-electron chi connectivity index (χ1n) is 3.54. The maximum Gasteiger partial charge on any atom is 0.126 e. The summed E-state index contributed by atoms with van der Waals surface area (Å²) in [6.45, 7) is 3.02. The van der Waals surface area contributed by atoms with Gasteiger partial charge in [-0.3, -0.25) is 0 Å². The zero-order valence-corrected chi connectivity index (χ0v) is 6.42. The van der Waals surface area contributed by atoms with Gasteiger partial charge in [0.1, 0.15) is 6.17 Å². The third-order valence-electron chi connectivity index (χ3n) is 1.38. The minimum atomic E-state index is -1.20. The van der Waals surface area contributed by atoms with Gasteiger partial charge in [0.15, 0.2) is 0 Å². The zero-order valence-electron chi connectivity index (χ0n) is 6.42. The highest BCUT2D eigenvalue weighted by atomic mass is 19.1. The smallest absolute Gasteiger partial charge is 0.126 e. The van der Waals surface area contributed by atoms with Crippen LogP contribution in [0.5, 0.6) is 0 Å². The van der Waals surface area contributed by atoms with Crippen LogP contribution in [0.15, 0.2) is 0 Å². The van der Waals surface area contributed by atoms with Crippen molar-refractivity contribution in [1.29, 1.82) is 0 Å². The summed E-state index contributed by atoms with van der Waals surface area (Å²) >= 11 is 0. The number of rotatable bonds is 4. The lowest BCUT2D eigenvalue weighted by atomic mass is 10.1. The molecule has 0 aromatic rings. The van der Waals surface area contributed by atoms with Crippen molar-refractivity contribution in [3.05, 3.63) is 0 Å². The fourth-order valence-corrected chi connectivity index (χ4v) is 0.642. The Morgan fingerprint density at radius 1 is 1.20 bits per heavy atom. The molecule has 62 valence electrons. The molecule has 3 atom stereocenters. The summed E-state index contributed by atoms with van der Waals surface area (Å²) in [7, 11) is 0. The van der Waals surface area contributed by atoms with E-state index in [1.54, 1.807) is 6.92 Å². The van der Waals surface area contributed by atoms with Crippen LogP contribution < -0.4 is 0 Å². The highest BCUT2D eigenvalue weighted by molar-refractivity contribution is 4.63. The molecular weight excluding hydrogens is 135 g/mol. The monoisotopic (exact) mass is 150 g/mol. The lowest BCUT2D eigenvalue weighted by Gasteiger charge is -2.11. The number of hydrogen-bond donors (Lipinski definition) is 2. The Balaban J connectivity index is 3.30. The maximum absolute atomic E-state index is 12.5. The van der Waals surface area contributed by atoms with E-state index in [1.165, 1.54) is 6.92 Å². The summed E-state index contributed by atoms with van der Waals surface area (Å²) in [6, 6.07) is 0. The molecule has 0 fully saturated rings. The number of aliphatic hydroxyl groups excluding tert-OH is 2. The summed E-state index contributed by atoms with van der Waals surface area (Å²) in [4.78, 5) is 0. The van der Waals surface area contributed by atoms with Crippen LogP contribution >= 0.6 is 0 Å². The fourth-order valence-electron chi connectivity index (χ4n) is 0.642. The van der Waals surface area contributed by atoms with Crippen LogP contribution in [0.4, 0.5) is 4.39 Å². The molecule has 0 aromatic carbocycles. The molecule has 3 heteroatoms. The van der Waals surface area contributed by atoms with Crippen LogP contribution in [0.1, 0.15) is 26.7 Å². The van der Waals surface area contributed by atoms with Gasteiger partial charge >= 0.3 is 0 Å². The van der Waals surface area contributed by atoms with Crippen molar-refractivity contribution >= 4 is 0 Å². The van der Waals surface area contributed by atoms with Gasteiger partial charge in [0.05, 0.1) is 12.2 Å². The van der Waals surface area contributed by atoms with Gasteiger partial charge in [-0.2, -0.15) is 0 Å². The van der Waals surface area contributed by atoms with Crippen molar-refractivity contribution in [2.75, 3.05) is 0 Å². The summed E-state index contributed by atoms with van der Waals surface area (Å²) < 4.78 is 12.5. The molecule has 0 amide bonds. The highest BCUT2D eigenvalue weighted by Crippen LogP contribution is 2.08. The van der Waals surface area contributed by atoms with Crippen molar-refractivity contribution in [2.45, 2.75) is 45.1 Å². The Morgan fingerprint density at radius 3 is 2.00 bits per heavy atom. The molecular formula is C7H15FO2. The minimum absolute atomic E-state index is 0.231. The minimum Gasteiger partial charge on any atom is -0.393 e. The quantitative estimate of drug-likeness (QED) is 0.624. The third-order valence-corrected chi connectivity index (χ3v) is 1.38. The first kappa shape index (κ1) is 9.85. The van der Waals surface area contributed by atoms with Crippen molar-refractivity contribution in [3.8, 4) is 0 Å². The van der Waals surface area contributed by atoms with E-state index >= 15 is 0 Å². The van der Waals surface area contributed by atoms with E-state index in [-0.39, 0.29) is 6.42 Å². The van der Waals surface area contributed by atoms with Crippen LogP contribution in [0.25, 0.3) is 0 Å². The Labute approximate surface area is 60.7 Å². The number of alkyl halides is 1.